The number of piperazine rings is 1. The monoisotopic (exact) mass is 381 g/mol. The summed E-state index contributed by atoms with van der Waals surface area (Å²) in [6, 6.07) is 11.5. The molecule has 138 valence electrons. The van der Waals surface area contributed by atoms with Gasteiger partial charge in [0.25, 0.3) is 5.91 Å². The Morgan fingerprint density at radius 2 is 1.78 bits per heavy atom. The van der Waals surface area contributed by atoms with E-state index in [1.807, 2.05) is 36.1 Å². The number of fused-ring (bicyclic) bond motifs is 1. The molecule has 0 radical (unpaired) electrons. The molecule has 1 fully saturated rings. The van der Waals surface area contributed by atoms with Gasteiger partial charge in [-0.15, -0.1) is 11.3 Å². The predicted octanol–water partition coefficient (Wildman–Crippen LogP) is 3.56. The Labute approximate surface area is 161 Å². The van der Waals surface area contributed by atoms with Crippen LogP contribution in [0.3, 0.4) is 0 Å². The van der Waals surface area contributed by atoms with Crippen molar-refractivity contribution in [2.24, 2.45) is 0 Å². The van der Waals surface area contributed by atoms with Crippen LogP contribution >= 0.6 is 11.3 Å². The summed E-state index contributed by atoms with van der Waals surface area (Å²) < 4.78 is 6.44. The van der Waals surface area contributed by atoms with Crippen molar-refractivity contribution in [3.8, 4) is 5.75 Å². The molecule has 3 aromatic rings. The van der Waals surface area contributed by atoms with Crippen LogP contribution in [-0.2, 0) is 0 Å². The lowest BCUT2D eigenvalue weighted by atomic mass is 10.1. The van der Waals surface area contributed by atoms with E-state index in [0.717, 1.165) is 20.5 Å². The summed E-state index contributed by atoms with van der Waals surface area (Å²) in [6.07, 6.45) is 2.72. The van der Waals surface area contributed by atoms with Crippen LogP contribution in [0.25, 0.3) is 10.1 Å². The molecule has 2 aromatic heterocycles. The van der Waals surface area contributed by atoms with Crippen LogP contribution in [0.5, 0.6) is 5.75 Å². The van der Waals surface area contributed by atoms with Gasteiger partial charge < -0.3 is 14.5 Å². The van der Waals surface area contributed by atoms with Gasteiger partial charge in [-0.25, -0.2) is 4.79 Å². The van der Waals surface area contributed by atoms with E-state index in [9.17, 15) is 9.59 Å². The highest BCUT2D eigenvalue weighted by molar-refractivity contribution is 7.21. The van der Waals surface area contributed by atoms with Gasteiger partial charge in [-0.3, -0.25) is 9.78 Å². The number of hydrogen-bond donors (Lipinski definition) is 0. The largest absolute Gasteiger partial charge is 0.415 e. The minimum atomic E-state index is -0.409. The average Bonchev–Trinajstić information content (AvgIpc) is 3.05. The lowest BCUT2D eigenvalue weighted by Crippen LogP contribution is -2.51. The van der Waals surface area contributed by atoms with Crippen LogP contribution in [0.2, 0.25) is 0 Å². The molecule has 1 aromatic carbocycles. The van der Waals surface area contributed by atoms with E-state index in [2.05, 4.69) is 4.98 Å². The first-order valence-electron chi connectivity index (χ1n) is 8.77. The maximum atomic E-state index is 13.0. The number of amides is 2. The molecule has 3 heterocycles. The molecule has 4 rings (SSSR count). The third-order valence-corrected chi connectivity index (χ3v) is 5.96. The van der Waals surface area contributed by atoms with Gasteiger partial charge in [-0.05, 0) is 36.1 Å². The van der Waals surface area contributed by atoms with Crippen molar-refractivity contribution in [1.82, 2.24) is 14.8 Å². The fourth-order valence-electron chi connectivity index (χ4n) is 3.19. The number of rotatable bonds is 2. The van der Waals surface area contributed by atoms with Crippen molar-refractivity contribution >= 4 is 33.4 Å². The van der Waals surface area contributed by atoms with Crippen molar-refractivity contribution in [3.05, 3.63) is 59.2 Å². The third-order valence-electron chi connectivity index (χ3n) is 4.70. The lowest BCUT2D eigenvalue weighted by molar-refractivity contribution is 0.0637. The maximum absolute atomic E-state index is 13.0. The van der Waals surface area contributed by atoms with Crippen LogP contribution in [0.1, 0.15) is 15.2 Å². The van der Waals surface area contributed by atoms with E-state index in [0.29, 0.717) is 31.9 Å². The van der Waals surface area contributed by atoms with Crippen molar-refractivity contribution in [1.29, 1.82) is 0 Å². The fraction of sp³-hybridized carbons (Fsp3) is 0.250. The van der Waals surface area contributed by atoms with Gasteiger partial charge in [-0.1, -0.05) is 18.2 Å². The molecule has 0 saturated carbocycles. The van der Waals surface area contributed by atoms with E-state index < -0.39 is 6.09 Å². The summed E-state index contributed by atoms with van der Waals surface area (Å²) in [4.78, 5) is 33.4. The molecule has 2 amide bonds. The summed E-state index contributed by atoms with van der Waals surface area (Å²) in [5, 5.41) is 1.13. The lowest BCUT2D eigenvalue weighted by Gasteiger charge is -2.33. The van der Waals surface area contributed by atoms with Crippen molar-refractivity contribution in [2.75, 3.05) is 26.2 Å². The Morgan fingerprint density at radius 1 is 1.04 bits per heavy atom. The summed E-state index contributed by atoms with van der Waals surface area (Å²) in [7, 11) is 0. The summed E-state index contributed by atoms with van der Waals surface area (Å²) in [5.41, 5.74) is 1.03. The molecule has 0 N–H and O–H groups in total. The average molecular weight is 381 g/mol. The minimum Gasteiger partial charge on any atom is -0.409 e. The second-order valence-corrected chi connectivity index (χ2v) is 7.44. The van der Waals surface area contributed by atoms with Crippen LogP contribution in [-0.4, -0.2) is 53.0 Å². The zero-order valence-corrected chi connectivity index (χ0v) is 15.7. The highest BCUT2D eigenvalue weighted by atomic mass is 32.1. The third kappa shape index (κ3) is 3.50. The smallest absolute Gasteiger partial charge is 0.409 e. The number of benzene rings is 1. The Kier molecular flexibility index (Phi) is 4.77. The summed E-state index contributed by atoms with van der Waals surface area (Å²) >= 11 is 1.53. The molecule has 6 nitrogen and oxygen atoms in total. The number of thiophene rings is 1. The van der Waals surface area contributed by atoms with Gasteiger partial charge in [0.2, 0.25) is 0 Å². The molecule has 0 bridgehead atoms. The number of carbonyl (C=O) groups excluding carboxylic acids is 2. The first-order valence-corrected chi connectivity index (χ1v) is 9.59. The van der Waals surface area contributed by atoms with E-state index in [-0.39, 0.29) is 5.91 Å². The fourth-order valence-corrected chi connectivity index (χ4v) is 4.36. The molecule has 1 aliphatic rings. The topological polar surface area (TPSA) is 62.7 Å². The number of aromatic nitrogens is 1. The van der Waals surface area contributed by atoms with Crippen LogP contribution < -0.4 is 4.74 Å². The van der Waals surface area contributed by atoms with Crippen LogP contribution in [0.15, 0.2) is 48.8 Å². The zero-order chi connectivity index (χ0) is 18.8. The molecule has 0 atom stereocenters. The Balaban J connectivity index is 1.40. The first kappa shape index (κ1) is 17.5. The van der Waals surface area contributed by atoms with E-state index >= 15 is 0 Å². The predicted molar refractivity (Wildman–Crippen MR) is 104 cm³/mol. The molecule has 1 saturated heterocycles. The number of carbonyl (C=O) groups is 2. The zero-order valence-electron chi connectivity index (χ0n) is 14.9. The quantitative estimate of drug-likeness (QED) is 0.681. The Morgan fingerprint density at radius 3 is 2.48 bits per heavy atom. The number of nitrogens with zero attached hydrogens (tertiary/aromatic N) is 3. The van der Waals surface area contributed by atoms with E-state index in [4.69, 9.17) is 4.74 Å². The van der Waals surface area contributed by atoms with Crippen LogP contribution in [0, 0.1) is 6.92 Å². The second-order valence-electron chi connectivity index (χ2n) is 6.39. The number of pyridine rings is 1. The van der Waals surface area contributed by atoms with E-state index in [1.54, 1.807) is 23.2 Å². The Bertz CT molecular complexity index is 979. The van der Waals surface area contributed by atoms with Gasteiger partial charge >= 0.3 is 6.09 Å². The van der Waals surface area contributed by atoms with Gasteiger partial charge in [0, 0.05) is 37.1 Å². The normalized spacial score (nSPS) is 14.4. The molecule has 0 unspecified atom stereocenters. The Hall–Kier alpha value is -2.93. The first-order chi connectivity index (χ1) is 13.1. The van der Waals surface area contributed by atoms with Crippen molar-refractivity contribution in [2.45, 2.75) is 6.92 Å². The number of aryl methyl sites for hydroxylation is 1. The molecule has 27 heavy (non-hydrogen) atoms. The van der Waals surface area contributed by atoms with Gasteiger partial charge in [0.15, 0.2) is 5.75 Å². The van der Waals surface area contributed by atoms with Crippen LogP contribution in [0.4, 0.5) is 4.79 Å². The standard InChI is InChI=1S/C20H19N3O3S/c1-14-16-6-2-3-7-17(16)27-18(14)19(24)22-9-11-23(12-10-22)20(25)26-15-5-4-8-21-13-15/h2-8,13H,9-12H2,1H3. The van der Waals surface area contributed by atoms with Crippen molar-refractivity contribution in [3.63, 3.8) is 0 Å². The summed E-state index contributed by atoms with van der Waals surface area (Å²) in [5.74, 6) is 0.455. The van der Waals surface area contributed by atoms with E-state index in [1.165, 1.54) is 17.5 Å². The molecule has 1 aliphatic heterocycles. The molecule has 0 aliphatic carbocycles. The molecule has 7 heteroatoms. The number of ether oxygens (including phenoxy) is 1. The highest BCUT2D eigenvalue weighted by Gasteiger charge is 2.28. The SMILES string of the molecule is Cc1c(C(=O)N2CCN(C(=O)Oc3cccnc3)CC2)sc2ccccc12. The number of hydrogen-bond acceptors (Lipinski definition) is 5. The van der Waals surface area contributed by atoms with Gasteiger partial charge in [-0.2, -0.15) is 0 Å². The maximum Gasteiger partial charge on any atom is 0.415 e. The van der Waals surface area contributed by atoms with Gasteiger partial charge in [0.05, 0.1) is 11.1 Å². The highest BCUT2D eigenvalue weighted by Crippen LogP contribution is 2.31. The van der Waals surface area contributed by atoms with Crippen molar-refractivity contribution < 1.29 is 14.3 Å². The molecular weight excluding hydrogens is 362 g/mol. The minimum absolute atomic E-state index is 0.0361. The summed E-state index contributed by atoms with van der Waals surface area (Å²) in [6.45, 7) is 3.89. The molecule has 0 spiro atoms. The second kappa shape index (κ2) is 7.36. The molecular formula is C20H19N3O3S. The van der Waals surface area contributed by atoms with Gasteiger partial charge in [0.1, 0.15) is 0 Å².